The van der Waals surface area contributed by atoms with E-state index in [0.29, 0.717) is 5.75 Å². The fourth-order valence-electron chi connectivity index (χ4n) is 4.34. The van der Waals surface area contributed by atoms with E-state index < -0.39 is 22.5 Å². The van der Waals surface area contributed by atoms with Gasteiger partial charge in [0.1, 0.15) is 12.3 Å². The fraction of sp³-hybridized carbons (Fsp3) is 0.188. The highest BCUT2D eigenvalue weighted by Crippen LogP contribution is 2.33. The molecule has 0 heterocycles. The van der Waals surface area contributed by atoms with Crippen LogP contribution in [-0.4, -0.2) is 33.9 Å². The number of rotatable bonds is 10. The number of sulfonamides is 1. The van der Waals surface area contributed by atoms with Crippen molar-refractivity contribution in [2.45, 2.75) is 31.7 Å². The summed E-state index contributed by atoms with van der Waals surface area (Å²) in [5, 5.41) is 5.69. The first-order valence-corrected chi connectivity index (χ1v) is 14.5. The quantitative estimate of drug-likeness (QED) is 0.257. The summed E-state index contributed by atoms with van der Waals surface area (Å²) in [7, 11) is -2.73. The molecule has 212 valence electrons. The van der Waals surface area contributed by atoms with Gasteiger partial charge >= 0.3 is 0 Å². The number of benzene rings is 4. The van der Waals surface area contributed by atoms with Gasteiger partial charge < -0.3 is 15.4 Å². The standard InChI is InChI=1S/C32H33N3O5S/c1-22-14-17-26(18-15-22)41(38,39)35(29-20-23(2)16-19-30(29)40-4)21-31(36)34-28-13-9-8-12-27(28)32(37)33-24(3)25-10-6-5-7-11-25/h5-20,24H,21H2,1-4H3,(H,33,37)(H,34,36)/t24-/m1/s1. The minimum Gasteiger partial charge on any atom is -0.495 e. The number of anilines is 2. The predicted molar refractivity (Wildman–Crippen MR) is 161 cm³/mol. The molecule has 0 radical (unpaired) electrons. The van der Waals surface area contributed by atoms with Gasteiger partial charge in [0.05, 0.1) is 35.0 Å². The first-order valence-electron chi connectivity index (χ1n) is 13.1. The summed E-state index contributed by atoms with van der Waals surface area (Å²) in [6.07, 6.45) is 0. The Morgan fingerprint density at radius 2 is 1.49 bits per heavy atom. The smallest absolute Gasteiger partial charge is 0.264 e. The van der Waals surface area contributed by atoms with Crippen molar-refractivity contribution in [2.75, 3.05) is 23.3 Å². The average molecular weight is 572 g/mol. The molecule has 0 aliphatic rings. The van der Waals surface area contributed by atoms with Crippen LogP contribution in [0.25, 0.3) is 0 Å². The number of carbonyl (C=O) groups excluding carboxylic acids is 2. The Bertz CT molecular complexity index is 1640. The molecule has 41 heavy (non-hydrogen) atoms. The molecule has 0 spiro atoms. The second-order valence-electron chi connectivity index (χ2n) is 9.70. The maximum Gasteiger partial charge on any atom is 0.264 e. The molecular weight excluding hydrogens is 538 g/mol. The van der Waals surface area contributed by atoms with Crippen molar-refractivity contribution in [1.29, 1.82) is 0 Å². The first kappa shape index (κ1) is 29.4. The molecule has 0 saturated carbocycles. The van der Waals surface area contributed by atoms with E-state index in [9.17, 15) is 18.0 Å². The van der Waals surface area contributed by atoms with Crippen LogP contribution in [0.4, 0.5) is 11.4 Å². The molecule has 4 rings (SSSR count). The fourth-order valence-corrected chi connectivity index (χ4v) is 5.77. The van der Waals surface area contributed by atoms with Gasteiger partial charge in [-0.2, -0.15) is 0 Å². The number of aryl methyl sites for hydroxylation is 2. The van der Waals surface area contributed by atoms with E-state index in [0.717, 1.165) is 21.0 Å². The zero-order chi connectivity index (χ0) is 29.6. The highest BCUT2D eigenvalue weighted by atomic mass is 32.2. The Morgan fingerprint density at radius 3 is 2.17 bits per heavy atom. The number of amides is 2. The third-order valence-electron chi connectivity index (χ3n) is 6.59. The van der Waals surface area contributed by atoms with E-state index in [-0.39, 0.29) is 33.8 Å². The maximum atomic E-state index is 13.9. The Hall–Kier alpha value is -4.63. The van der Waals surface area contributed by atoms with Crippen molar-refractivity contribution < 1.29 is 22.7 Å². The molecule has 8 nitrogen and oxygen atoms in total. The summed E-state index contributed by atoms with van der Waals surface area (Å²) in [4.78, 5) is 26.7. The van der Waals surface area contributed by atoms with E-state index in [1.165, 1.54) is 19.2 Å². The molecule has 0 fully saturated rings. The molecule has 4 aromatic carbocycles. The zero-order valence-corrected chi connectivity index (χ0v) is 24.2. The lowest BCUT2D eigenvalue weighted by molar-refractivity contribution is -0.114. The van der Waals surface area contributed by atoms with Gasteiger partial charge in [-0.1, -0.05) is 66.2 Å². The number of ether oxygens (including phenoxy) is 1. The van der Waals surface area contributed by atoms with Crippen LogP contribution in [0.5, 0.6) is 5.75 Å². The van der Waals surface area contributed by atoms with E-state index in [2.05, 4.69) is 10.6 Å². The van der Waals surface area contributed by atoms with Crippen molar-refractivity contribution in [3.05, 3.63) is 119 Å². The van der Waals surface area contributed by atoms with Crippen molar-refractivity contribution in [3.8, 4) is 5.75 Å². The van der Waals surface area contributed by atoms with Gasteiger partial charge in [-0.05, 0) is 68.3 Å². The van der Waals surface area contributed by atoms with E-state index >= 15 is 0 Å². The highest BCUT2D eigenvalue weighted by Gasteiger charge is 2.30. The SMILES string of the molecule is COc1ccc(C)cc1N(CC(=O)Nc1ccccc1C(=O)N[C@H](C)c1ccccc1)S(=O)(=O)c1ccc(C)cc1. The van der Waals surface area contributed by atoms with Crippen molar-refractivity contribution in [2.24, 2.45) is 0 Å². The number of para-hydroxylation sites is 1. The monoisotopic (exact) mass is 571 g/mol. The zero-order valence-electron chi connectivity index (χ0n) is 23.4. The van der Waals surface area contributed by atoms with Crippen LogP contribution in [0, 0.1) is 13.8 Å². The van der Waals surface area contributed by atoms with E-state index in [1.807, 2.05) is 51.1 Å². The molecule has 9 heteroatoms. The predicted octanol–water partition coefficient (Wildman–Crippen LogP) is 5.64. The molecule has 4 aromatic rings. The number of hydrogen-bond donors (Lipinski definition) is 2. The summed E-state index contributed by atoms with van der Waals surface area (Å²) in [5.74, 6) is -0.698. The topological polar surface area (TPSA) is 105 Å². The number of nitrogens with zero attached hydrogens (tertiary/aromatic N) is 1. The van der Waals surface area contributed by atoms with Crippen molar-refractivity contribution >= 4 is 33.2 Å². The van der Waals surface area contributed by atoms with Crippen LogP contribution in [0.1, 0.15) is 40.0 Å². The number of hydrogen-bond acceptors (Lipinski definition) is 5. The Kier molecular flexibility index (Phi) is 9.09. The first-order chi connectivity index (χ1) is 19.6. The van der Waals surface area contributed by atoms with Crippen LogP contribution < -0.4 is 19.7 Å². The highest BCUT2D eigenvalue weighted by molar-refractivity contribution is 7.92. The third-order valence-corrected chi connectivity index (χ3v) is 8.37. The van der Waals surface area contributed by atoms with Gasteiger partial charge in [0.2, 0.25) is 5.91 Å². The summed E-state index contributed by atoms with van der Waals surface area (Å²) in [6.45, 7) is 5.01. The van der Waals surface area contributed by atoms with Crippen LogP contribution in [-0.2, 0) is 14.8 Å². The van der Waals surface area contributed by atoms with Crippen LogP contribution in [0.15, 0.2) is 102 Å². The lowest BCUT2D eigenvalue weighted by Crippen LogP contribution is -2.38. The summed E-state index contributed by atoms with van der Waals surface area (Å²) >= 11 is 0. The lowest BCUT2D eigenvalue weighted by atomic mass is 10.1. The summed E-state index contributed by atoms with van der Waals surface area (Å²) in [5.41, 5.74) is 3.37. The molecule has 0 bridgehead atoms. The van der Waals surface area contributed by atoms with E-state index in [4.69, 9.17) is 4.74 Å². The molecule has 0 saturated heterocycles. The maximum absolute atomic E-state index is 13.9. The Balaban J connectivity index is 1.63. The molecule has 0 aliphatic heterocycles. The van der Waals surface area contributed by atoms with Crippen LogP contribution >= 0.6 is 0 Å². The van der Waals surface area contributed by atoms with Crippen LogP contribution in [0.2, 0.25) is 0 Å². The van der Waals surface area contributed by atoms with Gasteiger partial charge in [-0.3, -0.25) is 13.9 Å². The summed E-state index contributed by atoms with van der Waals surface area (Å²) in [6, 6.07) is 27.4. The Morgan fingerprint density at radius 1 is 0.854 bits per heavy atom. The summed E-state index contributed by atoms with van der Waals surface area (Å²) < 4.78 is 34.2. The molecule has 2 amide bonds. The Labute approximate surface area is 241 Å². The van der Waals surface area contributed by atoms with Crippen molar-refractivity contribution in [3.63, 3.8) is 0 Å². The normalized spacial score (nSPS) is 11.8. The average Bonchev–Trinajstić information content (AvgIpc) is 2.96. The lowest BCUT2D eigenvalue weighted by Gasteiger charge is -2.26. The minimum atomic E-state index is -4.17. The minimum absolute atomic E-state index is 0.0362. The van der Waals surface area contributed by atoms with Gasteiger partial charge in [-0.25, -0.2) is 8.42 Å². The number of methoxy groups -OCH3 is 1. The molecule has 0 aromatic heterocycles. The van der Waals surface area contributed by atoms with Crippen molar-refractivity contribution in [1.82, 2.24) is 5.32 Å². The number of nitrogens with one attached hydrogen (secondary N) is 2. The van der Waals surface area contributed by atoms with Gasteiger partial charge in [0.25, 0.3) is 15.9 Å². The largest absolute Gasteiger partial charge is 0.495 e. The number of carbonyl (C=O) groups is 2. The molecule has 0 unspecified atom stereocenters. The molecule has 2 N–H and O–H groups in total. The third kappa shape index (κ3) is 6.93. The second kappa shape index (κ2) is 12.7. The van der Waals surface area contributed by atoms with Gasteiger partial charge in [0.15, 0.2) is 0 Å². The molecule has 1 atom stereocenters. The van der Waals surface area contributed by atoms with Gasteiger partial charge in [-0.15, -0.1) is 0 Å². The second-order valence-corrected chi connectivity index (χ2v) is 11.6. The van der Waals surface area contributed by atoms with Gasteiger partial charge in [0, 0.05) is 0 Å². The van der Waals surface area contributed by atoms with Crippen LogP contribution in [0.3, 0.4) is 0 Å². The van der Waals surface area contributed by atoms with E-state index in [1.54, 1.807) is 54.6 Å². The molecular formula is C32H33N3O5S. The molecule has 0 aliphatic carbocycles.